The molecule has 1 amide bonds. The van der Waals surface area contributed by atoms with E-state index in [1.54, 1.807) is 19.2 Å². The van der Waals surface area contributed by atoms with E-state index < -0.39 is 5.91 Å². The van der Waals surface area contributed by atoms with E-state index in [0.717, 1.165) is 27.6 Å². The molecule has 0 saturated carbocycles. The standard InChI is InChI=1S/C22H20N4O3/c1-13-9-16(7-8-17(13)21(23)27)24-12-20-25-26-22(29-20)18-10-14-5-3-4-6-15(14)11-19(18)28-2/h3-11,24H,12H2,1-2H3,(H2,23,27). The topological polar surface area (TPSA) is 103 Å². The summed E-state index contributed by atoms with van der Waals surface area (Å²) in [6.45, 7) is 2.18. The highest BCUT2D eigenvalue weighted by molar-refractivity contribution is 5.94. The van der Waals surface area contributed by atoms with E-state index in [-0.39, 0.29) is 0 Å². The predicted octanol–water partition coefficient (Wildman–Crippen LogP) is 3.92. The zero-order valence-electron chi connectivity index (χ0n) is 16.1. The smallest absolute Gasteiger partial charge is 0.251 e. The van der Waals surface area contributed by atoms with Crippen molar-refractivity contribution in [3.63, 3.8) is 0 Å². The SMILES string of the molecule is COc1cc2ccccc2cc1-c1nnc(CNc2ccc(C(N)=O)c(C)c2)o1. The van der Waals surface area contributed by atoms with Gasteiger partial charge in [-0.05, 0) is 53.6 Å². The number of fused-ring (bicyclic) bond motifs is 1. The molecule has 7 heteroatoms. The molecule has 1 heterocycles. The molecule has 0 spiro atoms. The van der Waals surface area contributed by atoms with Gasteiger partial charge in [0.25, 0.3) is 5.89 Å². The highest BCUT2D eigenvalue weighted by Gasteiger charge is 2.15. The Labute approximate surface area is 167 Å². The fourth-order valence-electron chi connectivity index (χ4n) is 3.22. The van der Waals surface area contributed by atoms with E-state index in [1.807, 2.05) is 49.4 Å². The van der Waals surface area contributed by atoms with Crippen LogP contribution in [-0.2, 0) is 6.54 Å². The van der Waals surface area contributed by atoms with Crippen molar-refractivity contribution < 1.29 is 13.9 Å². The molecule has 0 bridgehead atoms. The number of nitrogens with zero attached hydrogens (tertiary/aromatic N) is 2. The maximum atomic E-state index is 11.3. The highest BCUT2D eigenvalue weighted by atomic mass is 16.5. The van der Waals surface area contributed by atoms with Crippen LogP contribution < -0.4 is 15.8 Å². The number of methoxy groups -OCH3 is 1. The summed E-state index contributed by atoms with van der Waals surface area (Å²) in [7, 11) is 1.62. The minimum absolute atomic E-state index is 0.345. The number of carbonyl (C=O) groups is 1. The Morgan fingerprint density at radius 3 is 2.55 bits per heavy atom. The van der Waals surface area contributed by atoms with Gasteiger partial charge in [0.05, 0.1) is 19.2 Å². The summed E-state index contributed by atoms with van der Waals surface area (Å²) < 4.78 is 11.3. The van der Waals surface area contributed by atoms with Crippen LogP contribution in [0, 0.1) is 6.92 Å². The molecule has 3 aromatic carbocycles. The summed E-state index contributed by atoms with van der Waals surface area (Å²) >= 11 is 0. The molecular formula is C22H20N4O3. The second-order valence-electron chi connectivity index (χ2n) is 6.65. The Kier molecular flexibility index (Phi) is 4.87. The molecule has 4 aromatic rings. The monoisotopic (exact) mass is 388 g/mol. The van der Waals surface area contributed by atoms with Crippen LogP contribution in [0.1, 0.15) is 21.8 Å². The van der Waals surface area contributed by atoms with E-state index in [9.17, 15) is 4.79 Å². The van der Waals surface area contributed by atoms with Crippen LogP contribution >= 0.6 is 0 Å². The third-order valence-corrected chi connectivity index (χ3v) is 4.70. The number of anilines is 1. The van der Waals surface area contributed by atoms with Gasteiger partial charge in [-0.15, -0.1) is 10.2 Å². The number of primary amides is 1. The summed E-state index contributed by atoms with van der Waals surface area (Å²) in [5.41, 5.74) is 8.21. The van der Waals surface area contributed by atoms with Crippen molar-refractivity contribution in [2.45, 2.75) is 13.5 Å². The van der Waals surface area contributed by atoms with Gasteiger partial charge < -0.3 is 20.2 Å². The average molecular weight is 388 g/mol. The normalized spacial score (nSPS) is 10.8. The van der Waals surface area contributed by atoms with Gasteiger partial charge >= 0.3 is 0 Å². The molecule has 0 aliphatic carbocycles. The van der Waals surface area contributed by atoms with Gasteiger partial charge in [0, 0.05) is 11.3 Å². The van der Waals surface area contributed by atoms with Crippen molar-refractivity contribution in [2.24, 2.45) is 5.73 Å². The number of hydrogen-bond donors (Lipinski definition) is 2. The minimum Gasteiger partial charge on any atom is -0.496 e. The first-order valence-corrected chi connectivity index (χ1v) is 9.09. The van der Waals surface area contributed by atoms with Crippen molar-refractivity contribution in [1.82, 2.24) is 10.2 Å². The average Bonchev–Trinajstić information content (AvgIpc) is 3.20. The molecule has 0 unspecified atom stereocenters. The van der Waals surface area contributed by atoms with Crippen molar-refractivity contribution in [3.8, 4) is 17.2 Å². The Bertz CT molecular complexity index is 1200. The minimum atomic E-state index is -0.445. The number of benzene rings is 3. The fraction of sp³-hybridized carbons (Fsp3) is 0.136. The quantitative estimate of drug-likeness (QED) is 0.519. The second-order valence-corrected chi connectivity index (χ2v) is 6.65. The molecule has 4 rings (SSSR count). The van der Waals surface area contributed by atoms with Gasteiger partial charge in [-0.3, -0.25) is 4.79 Å². The Balaban J connectivity index is 1.55. The predicted molar refractivity (Wildman–Crippen MR) is 111 cm³/mol. The first-order valence-electron chi connectivity index (χ1n) is 9.09. The molecule has 0 radical (unpaired) electrons. The first kappa shape index (κ1) is 18.5. The third kappa shape index (κ3) is 3.75. The van der Waals surface area contributed by atoms with Gasteiger partial charge in [-0.2, -0.15) is 0 Å². The van der Waals surface area contributed by atoms with Gasteiger partial charge in [0.2, 0.25) is 11.8 Å². The summed E-state index contributed by atoms with van der Waals surface area (Å²) in [5, 5.41) is 13.6. The molecule has 146 valence electrons. The molecule has 0 saturated heterocycles. The largest absolute Gasteiger partial charge is 0.496 e. The molecule has 0 fully saturated rings. The zero-order chi connectivity index (χ0) is 20.4. The second kappa shape index (κ2) is 7.63. The molecule has 0 aliphatic rings. The number of ether oxygens (including phenoxy) is 1. The summed E-state index contributed by atoms with van der Waals surface area (Å²) in [6.07, 6.45) is 0. The zero-order valence-corrected chi connectivity index (χ0v) is 16.1. The van der Waals surface area contributed by atoms with E-state index in [0.29, 0.717) is 29.6 Å². The lowest BCUT2D eigenvalue weighted by Crippen LogP contribution is -2.12. The summed E-state index contributed by atoms with van der Waals surface area (Å²) in [5.74, 6) is 1.06. The first-order chi connectivity index (χ1) is 14.0. The lowest BCUT2D eigenvalue weighted by molar-refractivity contribution is 0.0999. The Hall–Kier alpha value is -3.87. The lowest BCUT2D eigenvalue weighted by atomic mass is 10.1. The summed E-state index contributed by atoms with van der Waals surface area (Å²) in [6, 6.07) is 17.3. The van der Waals surface area contributed by atoms with E-state index in [4.69, 9.17) is 14.9 Å². The van der Waals surface area contributed by atoms with Crippen LogP contribution in [0.25, 0.3) is 22.2 Å². The molecule has 3 N–H and O–H groups in total. The Morgan fingerprint density at radius 2 is 1.86 bits per heavy atom. The molecule has 0 aliphatic heterocycles. The van der Waals surface area contributed by atoms with Gasteiger partial charge in [-0.1, -0.05) is 24.3 Å². The molecular weight excluding hydrogens is 368 g/mol. The van der Waals surface area contributed by atoms with Crippen LogP contribution in [0.5, 0.6) is 5.75 Å². The molecule has 29 heavy (non-hydrogen) atoms. The van der Waals surface area contributed by atoms with Crippen LogP contribution in [-0.4, -0.2) is 23.2 Å². The maximum Gasteiger partial charge on any atom is 0.251 e. The van der Waals surface area contributed by atoms with Crippen LogP contribution in [0.4, 0.5) is 5.69 Å². The van der Waals surface area contributed by atoms with Crippen molar-refractivity contribution in [1.29, 1.82) is 0 Å². The van der Waals surface area contributed by atoms with E-state index >= 15 is 0 Å². The van der Waals surface area contributed by atoms with Gasteiger partial charge in [-0.25, -0.2) is 0 Å². The van der Waals surface area contributed by atoms with Crippen LogP contribution in [0.15, 0.2) is 59.0 Å². The number of hydrogen-bond acceptors (Lipinski definition) is 6. The van der Waals surface area contributed by atoms with E-state index in [1.165, 1.54) is 0 Å². The fourth-order valence-corrected chi connectivity index (χ4v) is 3.22. The number of nitrogens with one attached hydrogen (secondary N) is 1. The maximum absolute atomic E-state index is 11.3. The number of amides is 1. The number of aryl methyl sites for hydroxylation is 1. The highest BCUT2D eigenvalue weighted by Crippen LogP contribution is 2.33. The number of aromatic nitrogens is 2. The number of rotatable bonds is 6. The van der Waals surface area contributed by atoms with Crippen molar-refractivity contribution in [3.05, 3.63) is 71.6 Å². The lowest BCUT2D eigenvalue weighted by Gasteiger charge is -2.08. The molecule has 7 nitrogen and oxygen atoms in total. The Morgan fingerprint density at radius 1 is 1.10 bits per heavy atom. The van der Waals surface area contributed by atoms with Gasteiger partial charge in [0.15, 0.2) is 0 Å². The summed E-state index contributed by atoms with van der Waals surface area (Å²) in [4.78, 5) is 11.3. The number of nitrogens with two attached hydrogens (primary N) is 1. The van der Waals surface area contributed by atoms with Gasteiger partial charge in [0.1, 0.15) is 5.75 Å². The van der Waals surface area contributed by atoms with Crippen LogP contribution in [0.2, 0.25) is 0 Å². The van der Waals surface area contributed by atoms with E-state index in [2.05, 4.69) is 15.5 Å². The van der Waals surface area contributed by atoms with Crippen molar-refractivity contribution >= 4 is 22.4 Å². The van der Waals surface area contributed by atoms with Crippen LogP contribution in [0.3, 0.4) is 0 Å². The third-order valence-electron chi connectivity index (χ3n) is 4.70. The van der Waals surface area contributed by atoms with Crippen molar-refractivity contribution in [2.75, 3.05) is 12.4 Å². The number of carbonyl (C=O) groups excluding carboxylic acids is 1. The molecule has 0 atom stereocenters. The molecule has 1 aromatic heterocycles.